The smallest absolute Gasteiger partial charge is 0.328 e. The fourth-order valence-corrected chi connectivity index (χ4v) is 3.84. The minimum atomic E-state index is -0.823. The highest BCUT2D eigenvalue weighted by Crippen LogP contribution is 2.24. The topological polar surface area (TPSA) is 109 Å². The summed E-state index contributed by atoms with van der Waals surface area (Å²) in [7, 11) is 0. The third-order valence-electron chi connectivity index (χ3n) is 5.42. The maximum atomic E-state index is 12.8. The standard InChI is InChI=1S/C22H26N4O4/c1-2-29-22(28)18(11-15-12-24-17-6-4-3-5-16(15)17)25-20(27)19-13-30-21(26-19)14-7-9-23-10-8-14/h3-6,12-14,18,23-24H,2,7-11H2,1H3,(H,25,27). The van der Waals surface area contributed by atoms with Gasteiger partial charge in [-0.25, -0.2) is 9.78 Å². The maximum Gasteiger partial charge on any atom is 0.328 e. The number of nitrogens with zero attached hydrogens (tertiary/aromatic N) is 1. The molecule has 2 aromatic heterocycles. The van der Waals surface area contributed by atoms with Crippen molar-refractivity contribution in [2.24, 2.45) is 0 Å². The van der Waals surface area contributed by atoms with Gasteiger partial charge >= 0.3 is 5.97 Å². The summed E-state index contributed by atoms with van der Waals surface area (Å²) in [4.78, 5) is 32.9. The Kier molecular flexibility index (Phi) is 6.13. The van der Waals surface area contributed by atoms with Crippen molar-refractivity contribution in [3.63, 3.8) is 0 Å². The maximum absolute atomic E-state index is 12.8. The van der Waals surface area contributed by atoms with Crippen molar-refractivity contribution in [2.75, 3.05) is 19.7 Å². The van der Waals surface area contributed by atoms with E-state index in [2.05, 4.69) is 20.6 Å². The fraction of sp³-hybridized carbons (Fsp3) is 0.409. The van der Waals surface area contributed by atoms with Gasteiger partial charge in [0.25, 0.3) is 5.91 Å². The Morgan fingerprint density at radius 2 is 2.10 bits per heavy atom. The molecule has 30 heavy (non-hydrogen) atoms. The number of esters is 1. The number of H-pyrrole nitrogens is 1. The zero-order valence-corrected chi connectivity index (χ0v) is 16.9. The summed E-state index contributed by atoms with van der Waals surface area (Å²) in [5, 5.41) is 7.08. The summed E-state index contributed by atoms with van der Waals surface area (Å²) < 4.78 is 10.7. The van der Waals surface area contributed by atoms with E-state index >= 15 is 0 Å². The summed E-state index contributed by atoms with van der Waals surface area (Å²) in [5.41, 5.74) is 2.08. The molecule has 8 heteroatoms. The van der Waals surface area contributed by atoms with E-state index in [-0.39, 0.29) is 18.2 Å². The number of amides is 1. The lowest BCUT2D eigenvalue weighted by atomic mass is 9.98. The van der Waals surface area contributed by atoms with Crippen molar-refractivity contribution >= 4 is 22.8 Å². The lowest BCUT2D eigenvalue weighted by Crippen LogP contribution is -2.43. The molecule has 1 aliphatic rings. The van der Waals surface area contributed by atoms with Gasteiger partial charge in [-0.15, -0.1) is 0 Å². The van der Waals surface area contributed by atoms with E-state index in [1.807, 2.05) is 30.5 Å². The highest BCUT2D eigenvalue weighted by Gasteiger charge is 2.27. The predicted molar refractivity (Wildman–Crippen MR) is 111 cm³/mol. The van der Waals surface area contributed by atoms with E-state index in [1.54, 1.807) is 6.92 Å². The Hall–Kier alpha value is -3.13. The van der Waals surface area contributed by atoms with E-state index in [1.165, 1.54) is 6.26 Å². The van der Waals surface area contributed by atoms with Gasteiger partial charge in [0.1, 0.15) is 12.3 Å². The highest BCUT2D eigenvalue weighted by molar-refractivity contribution is 5.95. The molecule has 0 aliphatic carbocycles. The van der Waals surface area contributed by atoms with Crippen LogP contribution in [0.5, 0.6) is 0 Å². The monoisotopic (exact) mass is 410 g/mol. The van der Waals surface area contributed by atoms with Gasteiger partial charge in [0.05, 0.1) is 6.61 Å². The largest absolute Gasteiger partial charge is 0.464 e. The number of para-hydroxylation sites is 1. The van der Waals surface area contributed by atoms with Crippen molar-refractivity contribution in [1.29, 1.82) is 0 Å². The lowest BCUT2D eigenvalue weighted by molar-refractivity contribution is -0.145. The summed E-state index contributed by atoms with van der Waals surface area (Å²) >= 11 is 0. The molecule has 0 saturated carbocycles. The number of aromatic amines is 1. The van der Waals surface area contributed by atoms with Gasteiger partial charge in [0.15, 0.2) is 11.6 Å². The second-order valence-electron chi connectivity index (χ2n) is 7.44. The zero-order chi connectivity index (χ0) is 20.9. The number of oxazole rings is 1. The molecule has 1 aromatic carbocycles. The lowest BCUT2D eigenvalue weighted by Gasteiger charge is -2.19. The Labute approximate surface area is 174 Å². The van der Waals surface area contributed by atoms with Crippen LogP contribution in [0.4, 0.5) is 0 Å². The minimum Gasteiger partial charge on any atom is -0.464 e. The number of aromatic nitrogens is 2. The Morgan fingerprint density at radius 3 is 2.90 bits per heavy atom. The average Bonchev–Trinajstić information content (AvgIpc) is 3.42. The predicted octanol–water partition coefficient (Wildman–Crippen LogP) is 2.53. The molecule has 1 saturated heterocycles. The highest BCUT2D eigenvalue weighted by atomic mass is 16.5. The van der Waals surface area contributed by atoms with Gasteiger partial charge < -0.3 is 24.8 Å². The molecule has 3 aromatic rings. The number of piperidine rings is 1. The normalized spacial score (nSPS) is 15.8. The van der Waals surface area contributed by atoms with Gasteiger partial charge in [0.2, 0.25) is 0 Å². The van der Waals surface area contributed by atoms with Crippen LogP contribution in [-0.4, -0.2) is 47.6 Å². The zero-order valence-electron chi connectivity index (χ0n) is 16.9. The van der Waals surface area contributed by atoms with Crippen molar-refractivity contribution in [3.8, 4) is 0 Å². The summed E-state index contributed by atoms with van der Waals surface area (Å²) in [6.45, 7) is 3.79. The Morgan fingerprint density at radius 1 is 1.30 bits per heavy atom. The first-order valence-electron chi connectivity index (χ1n) is 10.3. The molecule has 0 bridgehead atoms. The van der Waals surface area contributed by atoms with Crippen LogP contribution >= 0.6 is 0 Å². The van der Waals surface area contributed by atoms with Crippen LogP contribution in [0.25, 0.3) is 10.9 Å². The van der Waals surface area contributed by atoms with E-state index in [0.29, 0.717) is 12.3 Å². The van der Waals surface area contributed by atoms with Crippen LogP contribution in [0.2, 0.25) is 0 Å². The quantitative estimate of drug-likeness (QED) is 0.517. The molecular weight excluding hydrogens is 384 g/mol. The van der Waals surface area contributed by atoms with E-state index in [4.69, 9.17) is 9.15 Å². The van der Waals surface area contributed by atoms with Crippen LogP contribution in [0, 0.1) is 0 Å². The molecule has 1 atom stereocenters. The number of hydrogen-bond donors (Lipinski definition) is 3. The van der Waals surface area contributed by atoms with Gasteiger partial charge in [-0.1, -0.05) is 18.2 Å². The second kappa shape index (κ2) is 9.13. The molecule has 158 valence electrons. The Balaban J connectivity index is 1.49. The second-order valence-corrected chi connectivity index (χ2v) is 7.44. The summed E-state index contributed by atoms with van der Waals surface area (Å²) in [5.74, 6) is -0.138. The first-order valence-corrected chi connectivity index (χ1v) is 10.3. The number of nitrogens with one attached hydrogen (secondary N) is 3. The van der Waals surface area contributed by atoms with E-state index in [0.717, 1.165) is 42.4 Å². The average molecular weight is 410 g/mol. The van der Waals surface area contributed by atoms with Crippen molar-refractivity contribution in [3.05, 3.63) is 53.9 Å². The third-order valence-corrected chi connectivity index (χ3v) is 5.42. The first kappa shape index (κ1) is 20.2. The number of rotatable bonds is 7. The fourth-order valence-electron chi connectivity index (χ4n) is 3.84. The van der Waals surface area contributed by atoms with Crippen molar-refractivity contribution in [2.45, 2.75) is 38.1 Å². The van der Waals surface area contributed by atoms with Crippen LogP contribution in [0.1, 0.15) is 47.6 Å². The third kappa shape index (κ3) is 4.38. The molecule has 1 amide bonds. The van der Waals surface area contributed by atoms with Gasteiger partial charge in [-0.2, -0.15) is 0 Å². The molecule has 3 N–H and O–H groups in total. The number of hydrogen-bond acceptors (Lipinski definition) is 6. The molecule has 1 aliphatic heterocycles. The molecule has 0 spiro atoms. The van der Waals surface area contributed by atoms with Crippen LogP contribution in [0.3, 0.4) is 0 Å². The van der Waals surface area contributed by atoms with Gasteiger partial charge in [-0.3, -0.25) is 4.79 Å². The van der Waals surface area contributed by atoms with E-state index in [9.17, 15) is 9.59 Å². The molecular formula is C22H26N4O4. The van der Waals surface area contributed by atoms with Crippen molar-refractivity contribution in [1.82, 2.24) is 20.6 Å². The van der Waals surface area contributed by atoms with Crippen molar-refractivity contribution < 1.29 is 18.7 Å². The number of ether oxygens (including phenoxy) is 1. The molecule has 0 radical (unpaired) electrons. The van der Waals surface area contributed by atoms with Crippen LogP contribution in [0.15, 0.2) is 41.1 Å². The molecule has 3 heterocycles. The minimum absolute atomic E-state index is 0.178. The number of carbonyl (C=O) groups excluding carboxylic acids is 2. The van der Waals surface area contributed by atoms with Gasteiger partial charge in [-0.05, 0) is 44.5 Å². The molecule has 1 unspecified atom stereocenters. The SMILES string of the molecule is CCOC(=O)C(Cc1c[nH]c2ccccc12)NC(=O)c1coc(C2CCNCC2)n1. The molecule has 1 fully saturated rings. The Bertz CT molecular complexity index is 1020. The molecule has 4 rings (SSSR count). The van der Waals surface area contributed by atoms with E-state index < -0.39 is 17.9 Å². The van der Waals surface area contributed by atoms with Crippen LogP contribution in [-0.2, 0) is 16.0 Å². The number of fused-ring (bicyclic) bond motifs is 1. The summed E-state index contributed by atoms with van der Waals surface area (Å²) in [6, 6.07) is 7.01. The number of carbonyl (C=O) groups is 2. The molecule has 8 nitrogen and oxygen atoms in total. The summed E-state index contributed by atoms with van der Waals surface area (Å²) in [6.07, 6.45) is 5.38. The van der Waals surface area contributed by atoms with Gasteiger partial charge in [0, 0.05) is 29.4 Å². The first-order chi connectivity index (χ1) is 14.7. The van der Waals surface area contributed by atoms with Crippen LogP contribution < -0.4 is 10.6 Å². The number of benzene rings is 1.